The Morgan fingerprint density at radius 2 is 2.33 bits per heavy atom. The number of aliphatic hydroxyl groups excluding tert-OH is 1. The molecule has 0 aromatic carbocycles. The second-order valence-corrected chi connectivity index (χ2v) is 3.23. The van der Waals surface area contributed by atoms with E-state index in [9.17, 15) is 8.78 Å². The molecule has 1 N–H and O–H groups in total. The minimum Gasteiger partial charge on any atom is -0.395 e. The Morgan fingerprint density at radius 3 is 2.80 bits per heavy atom. The summed E-state index contributed by atoms with van der Waals surface area (Å²) in [4.78, 5) is 1.44. The van der Waals surface area contributed by atoms with Crippen LogP contribution in [0.1, 0.15) is 5.69 Å². The highest BCUT2D eigenvalue weighted by molar-refractivity contribution is 4.91. The molecule has 0 saturated heterocycles. The maximum atomic E-state index is 12.2. The average molecular weight is 220 g/mol. The third-order valence-corrected chi connectivity index (χ3v) is 1.85. The van der Waals surface area contributed by atoms with E-state index in [0.29, 0.717) is 5.69 Å². The van der Waals surface area contributed by atoms with Gasteiger partial charge in [-0.25, -0.2) is 8.78 Å². The highest BCUT2D eigenvalue weighted by atomic mass is 19.3. The maximum absolute atomic E-state index is 12.2. The van der Waals surface area contributed by atoms with Crippen molar-refractivity contribution in [2.75, 3.05) is 19.7 Å². The van der Waals surface area contributed by atoms with Gasteiger partial charge in [-0.1, -0.05) is 5.21 Å². The normalized spacial score (nSPS) is 11.6. The fraction of sp³-hybridized carbons (Fsp3) is 0.750. The summed E-state index contributed by atoms with van der Waals surface area (Å²) in [6.07, 6.45) is -0.747. The number of aryl methyl sites for hydroxylation is 1. The quantitative estimate of drug-likeness (QED) is 0.726. The molecule has 0 aliphatic heterocycles. The standard InChI is InChI=1S/C8H14F2N4O/c1-13-4-7(11-12-13)5-14(2-3-15)6-8(9)10/h4,8,15H,2-3,5-6H2,1H3. The maximum Gasteiger partial charge on any atom is 0.251 e. The van der Waals surface area contributed by atoms with Gasteiger partial charge < -0.3 is 5.11 Å². The molecule has 0 amide bonds. The molecular formula is C8H14F2N4O. The van der Waals surface area contributed by atoms with E-state index < -0.39 is 6.43 Å². The molecule has 15 heavy (non-hydrogen) atoms. The van der Waals surface area contributed by atoms with E-state index in [1.54, 1.807) is 13.2 Å². The third kappa shape index (κ3) is 4.30. The Morgan fingerprint density at radius 1 is 1.60 bits per heavy atom. The van der Waals surface area contributed by atoms with Crippen molar-refractivity contribution >= 4 is 0 Å². The molecule has 0 radical (unpaired) electrons. The summed E-state index contributed by atoms with van der Waals surface area (Å²) in [7, 11) is 1.71. The molecule has 0 spiro atoms. The number of hydrogen-bond donors (Lipinski definition) is 1. The molecule has 1 aromatic rings. The van der Waals surface area contributed by atoms with Crippen LogP contribution in [0.2, 0.25) is 0 Å². The highest BCUT2D eigenvalue weighted by Gasteiger charge is 2.13. The van der Waals surface area contributed by atoms with Crippen molar-refractivity contribution in [1.82, 2.24) is 19.9 Å². The van der Waals surface area contributed by atoms with Gasteiger partial charge in [0.25, 0.3) is 6.43 Å². The molecule has 0 saturated carbocycles. The Labute approximate surface area is 86.3 Å². The summed E-state index contributed by atoms with van der Waals surface area (Å²) in [6.45, 7) is -0.0240. The molecule has 1 rings (SSSR count). The average Bonchev–Trinajstić information content (AvgIpc) is 2.50. The van der Waals surface area contributed by atoms with Crippen LogP contribution >= 0.6 is 0 Å². The predicted octanol–water partition coefficient (Wildman–Crippen LogP) is -0.126. The molecule has 1 heterocycles. The minimum atomic E-state index is -2.41. The van der Waals surface area contributed by atoms with E-state index in [1.165, 1.54) is 9.58 Å². The molecule has 0 atom stereocenters. The first kappa shape index (κ1) is 12.0. The molecular weight excluding hydrogens is 206 g/mol. The first-order valence-corrected chi connectivity index (χ1v) is 4.58. The van der Waals surface area contributed by atoms with Gasteiger partial charge in [-0.3, -0.25) is 9.58 Å². The zero-order chi connectivity index (χ0) is 11.3. The fourth-order valence-corrected chi connectivity index (χ4v) is 1.27. The van der Waals surface area contributed by atoms with E-state index in [4.69, 9.17) is 5.11 Å². The number of rotatable bonds is 6. The summed E-state index contributed by atoms with van der Waals surface area (Å²) < 4.78 is 25.8. The van der Waals surface area contributed by atoms with Gasteiger partial charge in [-0.05, 0) is 0 Å². The second-order valence-electron chi connectivity index (χ2n) is 3.23. The Balaban J connectivity index is 2.50. The summed E-state index contributed by atoms with van der Waals surface area (Å²) >= 11 is 0. The molecule has 86 valence electrons. The van der Waals surface area contributed by atoms with Gasteiger partial charge in [0.1, 0.15) is 0 Å². The van der Waals surface area contributed by atoms with Crippen LogP contribution in [-0.2, 0) is 13.6 Å². The number of hydrogen-bond acceptors (Lipinski definition) is 4. The van der Waals surface area contributed by atoms with Gasteiger partial charge in [0.05, 0.1) is 18.8 Å². The van der Waals surface area contributed by atoms with Crippen LogP contribution in [0.3, 0.4) is 0 Å². The van der Waals surface area contributed by atoms with Crippen LogP contribution in [0.5, 0.6) is 0 Å². The zero-order valence-corrected chi connectivity index (χ0v) is 8.48. The smallest absolute Gasteiger partial charge is 0.251 e. The number of alkyl halides is 2. The van der Waals surface area contributed by atoms with Crippen molar-refractivity contribution < 1.29 is 13.9 Å². The second kappa shape index (κ2) is 5.72. The lowest BCUT2D eigenvalue weighted by molar-refractivity contribution is 0.0740. The van der Waals surface area contributed by atoms with Crippen molar-refractivity contribution in [1.29, 1.82) is 0 Å². The molecule has 7 heteroatoms. The lowest BCUT2D eigenvalue weighted by Gasteiger charge is -2.18. The van der Waals surface area contributed by atoms with Crippen molar-refractivity contribution in [2.24, 2.45) is 7.05 Å². The SMILES string of the molecule is Cn1cc(CN(CCO)CC(F)F)nn1. The summed E-state index contributed by atoms with van der Waals surface area (Å²) in [5.41, 5.74) is 0.617. The van der Waals surface area contributed by atoms with Crippen molar-refractivity contribution in [3.05, 3.63) is 11.9 Å². The highest BCUT2D eigenvalue weighted by Crippen LogP contribution is 2.03. The van der Waals surface area contributed by atoms with Crippen molar-refractivity contribution in [2.45, 2.75) is 13.0 Å². The van der Waals surface area contributed by atoms with Gasteiger partial charge in [-0.15, -0.1) is 5.10 Å². The van der Waals surface area contributed by atoms with E-state index in [1.807, 2.05) is 0 Å². The predicted molar refractivity (Wildman–Crippen MR) is 49.4 cm³/mol. The van der Waals surface area contributed by atoms with Gasteiger partial charge in [0.2, 0.25) is 0 Å². The van der Waals surface area contributed by atoms with Gasteiger partial charge >= 0.3 is 0 Å². The number of halogens is 2. The van der Waals surface area contributed by atoms with Gasteiger partial charge in [-0.2, -0.15) is 0 Å². The molecule has 1 aromatic heterocycles. The minimum absolute atomic E-state index is 0.146. The third-order valence-electron chi connectivity index (χ3n) is 1.85. The molecule has 0 aliphatic rings. The van der Waals surface area contributed by atoms with Crippen LogP contribution in [0.25, 0.3) is 0 Å². The molecule has 0 fully saturated rings. The lowest BCUT2D eigenvalue weighted by Crippen LogP contribution is -2.31. The van der Waals surface area contributed by atoms with Gasteiger partial charge in [0.15, 0.2) is 0 Å². The van der Waals surface area contributed by atoms with Gasteiger partial charge in [0, 0.05) is 26.3 Å². The van der Waals surface area contributed by atoms with Crippen molar-refractivity contribution in [3.63, 3.8) is 0 Å². The molecule has 5 nitrogen and oxygen atoms in total. The number of aliphatic hydroxyl groups is 1. The van der Waals surface area contributed by atoms with Crippen LogP contribution < -0.4 is 0 Å². The summed E-state index contributed by atoms with van der Waals surface area (Å²) in [6, 6.07) is 0. The lowest BCUT2D eigenvalue weighted by atomic mass is 10.4. The summed E-state index contributed by atoms with van der Waals surface area (Å²) in [5, 5.41) is 16.2. The van der Waals surface area contributed by atoms with Crippen LogP contribution in [0.15, 0.2) is 6.20 Å². The Hall–Kier alpha value is -1.08. The first-order chi connectivity index (χ1) is 7.11. The van der Waals surface area contributed by atoms with Crippen LogP contribution in [0, 0.1) is 0 Å². The first-order valence-electron chi connectivity index (χ1n) is 4.58. The summed E-state index contributed by atoms with van der Waals surface area (Å²) in [5.74, 6) is 0. The topological polar surface area (TPSA) is 54.2 Å². The van der Waals surface area contributed by atoms with Crippen LogP contribution in [-0.4, -0.2) is 51.1 Å². The largest absolute Gasteiger partial charge is 0.395 e. The van der Waals surface area contributed by atoms with E-state index in [0.717, 1.165) is 0 Å². The van der Waals surface area contributed by atoms with Crippen LogP contribution in [0.4, 0.5) is 8.78 Å². The van der Waals surface area contributed by atoms with E-state index >= 15 is 0 Å². The Bertz CT molecular complexity index is 292. The number of nitrogens with zero attached hydrogens (tertiary/aromatic N) is 4. The monoisotopic (exact) mass is 220 g/mol. The Kier molecular flexibility index (Phi) is 4.57. The molecule has 0 aliphatic carbocycles. The molecule has 0 unspecified atom stereocenters. The fourth-order valence-electron chi connectivity index (χ4n) is 1.27. The zero-order valence-electron chi connectivity index (χ0n) is 8.48. The molecule has 0 bridgehead atoms. The number of aromatic nitrogens is 3. The van der Waals surface area contributed by atoms with E-state index in [-0.39, 0.29) is 26.2 Å². The van der Waals surface area contributed by atoms with E-state index in [2.05, 4.69) is 10.3 Å². The van der Waals surface area contributed by atoms with Crippen molar-refractivity contribution in [3.8, 4) is 0 Å².